The van der Waals surface area contributed by atoms with Crippen LogP contribution in [-0.2, 0) is 4.79 Å². The second-order valence-corrected chi connectivity index (χ2v) is 6.33. The van der Waals surface area contributed by atoms with E-state index < -0.39 is 17.3 Å². The molecule has 0 bridgehead atoms. The number of aliphatic carboxylic acids is 1. The second kappa shape index (κ2) is 6.45. The maximum atomic E-state index is 12.2. The second-order valence-electron chi connectivity index (χ2n) is 5.92. The van der Waals surface area contributed by atoms with Gasteiger partial charge in [-0.2, -0.15) is 0 Å². The lowest BCUT2D eigenvalue weighted by molar-refractivity contribution is -0.146. The molecule has 23 heavy (non-hydrogen) atoms. The van der Waals surface area contributed by atoms with E-state index in [0.29, 0.717) is 29.4 Å². The fourth-order valence-corrected chi connectivity index (χ4v) is 2.26. The van der Waals surface area contributed by atoms with Gasteiger partial charge in [0.25, 0.3) is 5.91 Å². The van der Waals surface area contributed by atoms with Crippen LogP contribution in [0.5, 0.6) is 0 Å². The molecule has 3 amide bonds. The molecule has 0 radical (unpaired) electrons. The number of benzene rings is 1. The number of rotatable bonds is 5. The Hall–Kier alpha value is -2.28. The minimum Gasteiger partial charge on any atom is -0.481 e. The number of urea groups is 1. The van der Waals surface area contributed by atoms with Crippen molar-refractivity contribution in [3.8, 4) is 0 Å². The van der Waals surface area contributed by atoms with Crippen LogP contribution in [-0.4, -0.2) is 42.6 Å². The van der Waals surface area contributed by atoms with E-state index in [-0.39, 0.29) is 12.6 Å². The summed E-state index contributed by atoms with van der Waals surface area (Å²) in [6.07, 6.45) is 0. The number of carboxylic acids is 1. The van der Waals surface area contributed by atoms with E-state index in [4.69, 9.17) is 16.7 Å². The highest BCUT2D eigenvalue weighted by atomic mass is 35.5. The number of hydrogen-bond acceptors (Lipinski definition) is 3. The molecule has 0 unspecified atom stereocenters. The summed E-state index contributed by atoms with van der Waals surface area (Å²) in [4.78, 5) is 36.5. The molecule has 8 heteroatoms. The molecule has 0 atom stereocenters. The number of carbonyl (C=O) groups excluding carboxylic acids is 2. The van der Waals surface area contributed by atoms with Gasteiger partial charge >= 0.3 is 12.0 Å². The zero-order chi connectivity index (χ0) is 17.2. The van der Waals surface area contributed by atoms with Crippen molar-refractivity contribution >= 4 is 35.2 Å². The van der Waals surface area contributed by atoms with Crippen molar-refractivity contribution in [1.29, 1.82) is 0 Å². The first-order valence-corrected chi connectivity index (χ1v) is 7.47. The average Bonchev–Trinajstić information content (AvgIpc) is 2.91. The number of nitrogens with one attached hydrogen (secondary N) is 2. The maximum absolute atomic E-state index is 12.2. The van der Waals surface area contributed by atoms with Gasteiger partial charge in [0.1, 0.15) is 0 Å². The fraction of sp³-hybridized carbons (Fsp3) is 0.400. The minimum absolute atomic E-state index is 0.0106. The summed E-state index contributed by atoms with van der Waals surface area (Å²) in [5.74, 6) is -1.42. The Balaban J connectivity index is 2.15. The van der Waals surface area contributed by atoms with Gasteiger partial charge in [-0.25, -0.2) is 4.79 Å². The predicted molar refractivity (Wildman–Crippen MR) is 85.9 cm³/mol. The van der Waals surface area contributed by atoms with Crippen molar-refractivity contribution in [2.24, 2.45) is 5.41 Å². The van der Waals surface area contributed by atoms with Crippen LogP contribution in [0.25, 0.3) is 0 Å². The fourth-order valence-electron chi connectivity index (χ4n) is 2.04. The van der Waals surface area contributed by atoms with E-state index in [1.807, 2.05) is 0 Å². The molecule has 1 aliphatic heterocycles. The number of nitrogens with zero attached hydrogens (tertiary/aromatic N) is 1. The van der Waals surface area contributed by atoms with Crippen molar-refractivity contribution in [2.45, 2.75) is 13.8 Å². The molecule has 0 spiro atoms. The molecule has 2 rings (SSSR count). The summed E-state index contributed by atoms with van der Waals surface area (Å²) in [5.41, 5.74) is -0.308. The molecule has 1 aromatic rings. The van der Waals surface area contributed by atoms with Gasteiger partial charge in [0.2, 0.25) is 0 Å². The lowest BCUT2D eigenvalue weighted by Crippen LogP contribution is -2.39. The van der Waals surface area contributed by atoms with Crippen molar-refractivity contribution in [2.75, 3.05) is 24.5 Å². The van der Waals surface area contributed by atoms with E-state index in [0.717, 1.165) is 0 Å². The quantitative estimate of drug-likeness (QED) is 0.760. The molecule has 1 fully saturated rings. The number of anilines is 1. The van der Waals surface area contributed by atoms with Crippen LogP contribution >= 0.6 is 11.6 Å². The molecular formula is C15H18ClN3O4. The van der Waals surface area contributed by atoms with Gasteiger partial charge in [-0.15, -0.1) is 0 Å². The molecule has 1 aromatic carbocycles. The summed E-state index contributed by atoms with van der Waals surface area (Å²) in [6.45, 7) is 4.02. The van der Waals surface area contributed by atoms with Gasteiger partial charge < -0.3 is 15.7 Å². The molecule has 0 aromatic heterocycles. The lowest BCUT2D eigenvalue weighted by Gasteiger charge is -2.20. The highest BCUT2D eigenvalue weighted by Crippen LogP contribution is 2.28. The number of halogens is 1. The first kappa shape index (κ1) is 17.1. The maximum Gasteiger partial charge on any atom is 0.322 e. The van der Waals surface area contributed by atoms with Crippen molar-refractivity contribution in [1.82, 2.24) is 10.6 Å². The number of carboxylic acid groups (broad SMARTS) is 1. The number of hydrogen-bond donors (Lipinski definition) is 3. The number of amides is 3. The van der Waals surface area contributed by atoms with Crippen molar-refractivity contribution < 1.29 is 19.5 Å². The summed E-state index contributed by atoms with van der Waals surface area (Å²) in [7, 11) is 0. The first-order valence-electron chi connectivity index (χ1n) is 7.09. The van der Waals surface area contributed by atoms with E-state index in [1.165, 1.54) is 30.9 Å². The Morgan fingerprint density at radius 2 is 2.13 bits per heavy atom. The normalized spacial score (nSPS) is 14.6. The van der Waals surface area contributed by atoms with Gasteiger partial charge in [0.15, 0.2) is 0 Å². The van der Waals surface area contributed by atoms with Gasteiger partial charge in [-0.05, 0) is 32.0 Å². The van der Waals surface area contributed by atoms with Crippen LogP contribution in [0.3, 0.4) is 0 Å². The Morgan fingerprint density at radius 3 is 2.70 bits per heavy atom. The third-order valence-corrected chi connectivity index (χ3v) is 3.95. The van der Waals surface area contributed by atoms with Crippen LogP contribution in [0.1, 0.15) is 24.2 Å². The smallest absolute Gasteiger partial charge is 0.322 e. The third-order valence-electron chi connectivity index (χ3n) is 3.63. The van der Waals surface area contributed by atoms with E-state index >= 15 is 0 Å². The molecular weight excluding hydrogens is 322 g/mol. The molecule has 0 aliphatic carbocycles. The third kappa shape index (κ3) is 3.73. The van der Waals surface area contributed by atoms with E-state index in [9.17, 15) is 14.4 Å². The van der Waals surface area contributed by atoms with Crippen LogP contribution < -0.4 is 15.5 Å². The molecule has 7 nitrogen and oxygen atoms in total. The monoisotopic (exact) mass is 339 g/mol. The lowest BCUT2D eigenvalue weighted by atomic mass is 9.94. The Morgan fingerprint density at radius 1 is 1.43 bits per heavy atom. The largest absolute Gasteiger partial charge is 0.481 e. The molecule has 3 N–H and O–H groups in total. The van der Waals surface area contributed by atoms with Crippen molar-refractivity contribution in [3.63, 3.8) is 0 Å². The van der Waals surface area contributed by atoms with E-state index in [2.05, 4.69) is 10.6 Å². The Bertz CT molecular complexity index is 660. The van der Waals surface area contributed by atoms with Crippen molar-refractivity contribution in [3.05, 3.63) is 28.8 Å². The summed E-state index contributed by atoms with van der Waals surface area (Å²) in [6, 6.07) is 4.33. The van der Waals surface area contributed by atoms with Crippen LogP contribution in [0.2, 0.25) is 5.02 Å². The van der Waals surface area contributed by atoms with Crippen LogP contribution in [0.4, 0.5) is 10.5 Å². The minimum atomic E-state index is -1.07. The molecule has 0 saturated carbocycles. The van der Waals surface area contributed by atoms with Gasteiger partial charge in [-0.3, -0.25) is 14.5 Å². The average molecular weight is 340 g/mol. The zero-order valence-electron chi connectivity index (χ0n) is 12.9. The van der Waals surface area contributed by atoms with E-state index in [1.54, 1.807) is 6.07 Å². The molecule has 1 heterocycles. The van der Waals surface area contributed by atoms with Crippen LogP contribution in [0.15, 0.2) is 18.2 Å². The molecule has 1 saturated heterocycles. The van der Waals surface area contributed by atoms with Gasteiger partial charge in [-0.1, -0.05) is 11.6 Å². The summed E-state index contributed by atoms with van der Waals surface area (Å²) < 4.78 is 0. The SMILES string of the molecule is CC(C)(CNC(=O)c1ccc(Cl)c(N2CCNC2=O)c1)C(=O)O. The predicted octanol–water partition coefficient (Wildman–Crippen LogP) is 1.71. The highest BCUT2D eigenvalue weighted by molar-refractivity contribution is 6.34. The Kier molecular flexibility index (Phi) is 4.79. The Labute approximate surface area is 138 Å². The van der Waals surface area contributed by atoms with Gasteiger partial charge in [0.05, 0.1) is 16.1 Å². The molecule has 1 aliphatic rings. The number of carbonyl (C=O) groups is 3. The standard InChI is InChI=1S/C15H18ClN3O4/c1-15(2,13(21)22)8-18-12(20)9-3-4-10(16)11(7-9)19-6-5-17-14(19)23/h3-4,7H,5-6,8H2,1-2H3,(H,17,23)(H,18,20)(H,21,22). The zero-order valence-corrected chi connectivity index (χ0v) is 13.6. The first-order chi connectivity index (χ1) is 10.7. The summed E-state index contributed by atoms with van der Waals surface area (Å²) >= 11 is 6.11. The topological polar surface area (TPSA) is 98.7 Å². The summed E-state index contributed by atoms with van der Waals surface area (Å²) in [5, 5.41) is 14.7. The molecule has 124 valence electrons. The van der Waals surface area contributed by atoms with Gasteiger partial charge in [0, 0.05) is 25.2 Å². The van der Waals surface area contributed by atoms with Crippen LogP contribution in [0, 0.1) is 5.41 Å². The highest BCUT2D eigenvalue weighted by Gasteiger charge is 2.28.